The first-order chi connectivity index (χ1) is 12.1. The zero-order chi connectivity index (χ0) is 19.7. The van der Waals surface area contributed by atoms with Crippen molar-refractivity contribution in [1.82, 2.24) is 5.32 Å². The standard InChI is InChI=1S/C16H14ClF3N2O4/c1-2-26-14(24)12-11(8-3-5-9(17)6-4-8)10(7-21)13(23)22-15(12,25)16(18,19)20/h3-6,10-12,25H,2H2,1H3,(H,22,23). The highest BCUT2D eigenvalue weighted by molar-refractivity contribution is 6.30. The molecule has 0 bridgehead atoms. The maximum atomic E-state index is 13.6. The number of aliphatic hydroxyl groups is 1. The summed E-state index contributed by atoms with van der Waals surface area (Å²) in [4.78, 5) is 24.4. The number of nitrogens with zero attached hydrogens (tertiary/aromatic N) is 1. The van der Waals surface area contributed by atoms with E-state index in [2.05, 4.69) is 4.74 Å². The highest BCUT2D eigenvalue weighted by Gasteiger charge is 2.69. The average molecular weight is 391 g/mol. The van der Waals surface area contributed by atoms with Crippen molar-refractivity contribution >= 4 is 23.5 Å². The van der Waals surface area contributed by atoms with E-state index < -0.39 is 41.5 Å². The molecule has 4 unspecified atom stereocenters. The van der Waals surface area contributed by atoms with Crippen molar-refractivity contribution in [3.63, 3.8) is 0 Å². The van der Waals surface area contributed by atoms with Crippen LogP contribution in [0.4, 0.5) is 13.2 Å². The Balaban J connectivity index is 2.69. The molecule has 6 nitrogen and oxygen atoms in total. The van der Waals surface area contributed by atoms with Crippen molar-refractivity contribution in [2.75, 3.05) is 6.61 Å². The minimum atomic E-state index is -5.38. The molecule has 4 atom stereocenters. The van der Waals surface area contributed by atoms with Crippen molar-refractivity contribution < 1.29 is 32.6 Å². The molecule has 0 spiro atoms. The molecule has 1 aliphatic rings. The van der Waals surface area contributed by atoms with E-state index in [0.29, 0.717) is 0 Å². The van der Waals surface area contributed by atoms with Crippen molar-refractivity contribution in [3.05, 3.63) is 34.9 Å². The minimum absolute atomic E-state index is 0.0662. The number of nitrogens with one attached hydrogen (secondary N) is 1. The number of rotatable bonds is 3. The minimum Gasteiger partial charge on any atom is -0.466 e. The fourth-order valence-corrected chi connectivity index (χ4v) is 3.09. The molecule has 1 aliphatic heterocycles. The number of piperidine rings is 1. The summed E-state index contributed by atoms with van der Waals surface area (Å²) in [6.45, 7) is 1.13. The normalized spacial score (nSPS) is 28.8. The number of carbonyl (C=O) groups is 2. The van der Waals surface area contributed by atoms with E-state index in [1.54, 1.807) is 6.07 Å². The Bertz CT molecular complexity index is 747. The number of nitriles is 1. The summed E-state index contributed by atoms with van der Waals surface area (Å²) in [6, 6.07) is 6.86. The van der Waals surface area contributed by atoms with Gasteiger partial charge in [0.2, 0.25) is 11.6 Å². The Hall–Kier alpha value is -2.31. The summed E-state index contributed by atoms with van der Waals surface area (Å²) in [5.41, 5.74) is -3.81. The van der Waals surface area contributed by atoms with Crippen LogP contribution in [0.1, 0.15) is 18.4 Å². The molecule has 26 heavy (non-hydrogen) atoms. The first-order valence-electron chi connectivity index (χ1n) is 7.49. The van der Waals surface area contributed by atoms with Crippen LogP contribution in [-0.2, 0) is 14.3 Å². The van der Waals surface area contributed by atoms with Crippen molar-refractivity contribution in [2.24, 2.45) is 11.8 Å². The zero-order valence-electron chi connectivity index (χ0n) is 13.4. The lowest BCUT2D eigenvalue weighted by atomic mass is 9.69. The molecule has 1 fully saturated rings. The van der Waals surface area contributed by atoms with Crippen molar-refractivity contribution in [2.45, 2.75) is 24.7 Å². The lowest BCUT2D eigenvalue weighted by molar-refractivity contribution is -0.298. The zero-order valence-corrected chi connectivity index (χ0v) is 14.1. The van der Waals surface area contributed by atoms with Gasteiger partial charge in [0.05, 0.1) is 12.7 Å². The summed E-state index contributed by atoms with van der Waals surface area (Å²) in [5.74, 6) is -8.23. The summed E-state index contributed by atoms with van der Waals surface area (Å²) in [6.07, 6.45) is -5.38. The fourth-order valence-electron chi connectivity index (χ4n) is 2.96. The van der Waals surface area contributed by atoms with Crippen LogP contribution < -0.4 is 5.32 Å². The second-order valence-electron chi connectivity index (χ2n) is 5.67. The van der Waals surface area contributed by atoms with E-state index in [4.69, 9.17) is 11.6 Å². The van der Waals surface area contributed by atoms with E-state index in [9.17, 15) is 33.1 Å². The molecule has 1 aromatic rings. The molecule has 0 aliphatic carbocycles. The first-order valence-corrected chi connectivity index (χ1v) is 7.87. The lowest BCUT2D eigenvalue weighted by Crippen LogP contribution is -2.71. The maximum Gasteiger partial charge on any atom is 0.437 e. The SMILES string of the molecule is CCOC(=O)C1C(c2ccc(Cl)cc2)C(C#N)C(=O)NC1(O)C(F)(F)F. The van der Waals surface area contributed by atoms with Gasteiger partial charge >= 0.3 is 12.1 Å². The summed E-state index contributed by atoms with van der Waals surface area (Å²) < 4.78 is 45.4. The number of hydrogen-bond acceptors (Lipinski definition) is 5. The van der Waals surface area contributed by atoms with E-state index in [0.717, 1.165) is 0 Å². The number of alkyl halides is 3. The fraction of sp³-hybridized carbons (Fsp3) is 0.438. The Morgan fingerprint density at radius 3 is 2.46 bits per heavy atom. The van der Waals surface area contributed by atoms with Crippen LogP contribution in [0.3, 0.4) is 0 Å². The van der Waals surface area contributed by atoms with Crippen molar-refractivity contribution in [1.29, 1.82) is 5.26 Å². The van der Waals surface area contributed by atoms with Gasteiger partial charge in [-0.2, -0.15) is 18.4 Å². The highest BCUT2D eigenvalue weighted by atomic mass is 35.5. The molecule has 2 N–H and O–H groups in total. The largest absolute Gasteiger partial charge is 0.466 e. The molecule has 140 valence electrons. The molecule has 1 saturated heterocycles. The Labute approximate surface area is 151 Å². The van der Waals surface area contributed by atoms with E-state index in [1.807, 2.05) is 0 Å². The van der Waals surface area contributed by atoms with Gasteiger partial charge in [-0.1, -0.05) is 23.7 Å². The molecular weight excluding hydrogens is 377 g/mol. The molecule has 10 heteroatoms. The van der Waals surface area contributed by atoms with Crippen LogP contribution in [0, 0.1) is 23.2 Å². The van der Waals surface area contributed by atoms with Crippen LogP contribution in [-0.4, -0.2) is 35.5 Å². The molecule has 1 heterocycles. The third kappa shape index (κ3) is 3.34. The number of benzene rings is 1. The van der Waals surface area contributed by atoms with Gasteiger partial charge in [-0.05, 0) is 24.6 Å². The first kappa shape index (κ1) is 20.0. The van der Waals surface area contributed by atoms with E-state index in [-0.39, 0.29) is 17.2 Å². The van der Waals surface area contributed by atoms with Gasteiger partial charge in [0, 0.05) is 10.9 Å². The predicted molar refractivity (Wildman–Crippen MR) is 82.6 cm³/mol. The average Bonchev–Trinajstić information content (AvgIpc) is 2.54. The molecule has 0 radical (unpaired) electrons. The Morgan fingerprint density at radius 2 is 2.00 bits per heavy atom. The monoisotopic (exact) mass is 390 g/mol. The van der Waals surface area contributed by atoms with Gasteiger partial charge < -0.3 is 15.2 Å². The number of amides is 1. The van der Waals surface area contributed by atoms with Gasteiger partial charge in [-0.15, -0.1) is 0 Å². The summed E-state index contributed by atoms with van der Waals surface area (Å²) >= 11 is 5.76. The van der Waals surface area contributed by atoms with Gasteiger partial charge in [0.1, 0.15) is 11.8 Å². The second kappa shape index (κ2) is 7.13. The molecule has 0 aromatic heterocycles. The molecule has 2 rings (SSSR count). The van der Waals surface area contributed by atoms with Crippen LogP contribution in [0.5, 0.6) is 0 Å². The molecular formula is C16H14ClF3N2O4. The van der Waals surface area contributed by atoms with Crippen LogP contribution in [0.15, 0.2) is 24.3 Å². The van der Waals surface area contributed by atoms with Gasteiger partial charge in [0.15, 0.2) is 0 Å². The third-order valence-corrected chi connectivity index (χ3v) is 4.38. The van der Waals surface area contributed by atoms with E-state index >= 15 is 0 Å². The summed E-state index contributed by atoms with van der Waals surface area (Å²) in [5, 5.41) is 21.2. The van der Waals surface area contributed by atoms with Gasteiger partial charge in [-0.3, -0.25) is 9.59 Å². The number of ether oxygens (including phenoxy) is 1. The maximum absolute atomic E-state index is 13.6. The number of halogens is 4. The molecule has 1 aromatic carbocycles. The van der Waals surface area contributed by atoms with Gasteiger partial charge in [-0.25, -0.2) is 0 Å². The molecule has 1 amide bonds. The van der Waals surface area contributed by atoms with Crippen LogP contribution in [0.2, 0.25) is 5.02 Å². The van der Waals surface area contributed by atoms with E-state index in [1.165, 1.54) is 36.5 Å². The number of carbonyl (C=O) groups excluding carboxylic acids is 2. The quantitative estimate of drug-likeness (QED) is 0.770. The second-order valence-corrected chi connectivity index (χ2v) is 6.10. The number of hydrogen-bond donors (Lipinski definition) is 2. The summed E-state index contributed by atoms with van der Waals surface area (Å²) in [7, 11) is 0. The topological polar surface area (TPSA) is 99.4 Å². The number of esters is 1. The Morgan fingerprint density at radius 1 is 1.42 bits per heavy atom. The predicted octanol–water partition coefficient (Wildman–Crippen LogP) is 2.12. The van der Waals surface area contributed by atoms with Crippen molar-refractivity contribution in [3.8, 4) is 6.07 Å². The Kier molecular flexibility index (Phi) is 5.49. The van der Waals surface area contributed by atoms with Crippen LogP contribution >= 0.6 is 11.6 Å². The highest BCUT2D eigenvalue weighted by Crippen LogP contribution is 2.48. The van der Waals surface area contributed by atoms with Gasteiger partial charge in [0.25, 0.3) is 0 Å². The third-order valence-electron chi connectivity index (χ3n) is 4.13. The van der Waals surface area contributed by atoms with Crippen LogP contribution in [0.25, 0.3) is 0 Å². The lowest BCUT2D eigenvalue weighted by Gasteiger charge is -2.45. The molecule has 0 saturated carbocycles. The smallest absolute Gasteiger partial charge is 0.437 e.